The largest absolute Gasteiger partial charge is 0.383 e. The van der Waals surface area contributed by atoms with Gasteiger partial charge in [-0.3, -0.25) is 4.79 Å². The third-order valence-corrected chi connectivity index (χ3v) is 3.86. The van der Waals surface area contributed by atoms with Gasteiger partial charge >= 0.3 is 0 Å². The molecule has 5 heteroatoms. The molecular weight excluding hydrogens is 294 g/mol. The van der Waals surface area contributed by atoms with Crippen molar-refractivity contribution in [3.8, 4) is 0 Å². The van der Waals surface area contributed by atoms with E-state index in [9.17, 15) is 4.79 Å². The highest BCUT2D eigenvalue weighted by molar-refractivity contribution is 9.10. The summed E-state index contributed by atoms with van der Waals surface area (Å²) in [6, 6.07) is 6.05. The number of primary amides is 1. The molecule has 0 spiro atoms. The molecule has 0 bridgehead atoms. The molecule has 0 saturated carbocycles. The fourth-order valence-corrected chi connectivity index (χ4v) is 2.74. The fourth-order valence-electron chi connectivity index (χ4n) is 2.16. The maximum atomic E-state index is 11.1. The standard InChI is InChI=1S/C13H18BrN3O/c14-12-7-9(4-5-11(12)13(15)18)17-8-10-3-1-2-6-16-10/h4-5,7,10,16-17H,1-3,6,8H2,(H2,15,18). The number of carbonyl (C=O) groups is 1. The van der Waals surface area contributed by atoms with Gasteiger partial charge in [-0.1, -0.05) is 6.42 Å². The lowest BCUT2D eigenvalue weighted by molar-refractivity contribution is 0.0999. The summed E-state index contributed by atoms with van der Waals surface area (Å²) in [5.74, 6) is -0.414. The molecule has 4 nitrogen and oxygen atoms in total. The van der Waals surface area contributed by atoms with Crippen molar-refractivity contribution in [3.05, 3.63) is 28.2 Å². The molecule has 98 valence electrons. The molecule has 1 aliphatic rings. The van der Waals surface area contributed by atoms with Crippen LogP contribution in [0.2, 0.25) is 0 Å². The van der Waals surface area contributed by atoms with Crippen molar-refractivity contribution < 1.29 is 4.79 Å². The summed E-state index contributed by atoms with van der Waals surface area (Å²) in [5, 5.41) is 6.86. The Hall–Kier alpha value is -1.07. The number of anilines is 1. The van der Waals surface area contributed by atoms with Gasteiger partial charge in [-0.05, 0) is 53.5 Å². The minimum absolute atomic E-state index is 0.414. The first-order valence-electron chi connectivity index (χ1n) is 6.23. The lowest BCUT2D eigenvalue weighted by Crippen LogP contribution is -2.39. The van der Waals surface area contributed by atoms with Crippen LogP contribution in [-0.4, -0.2) is 25.0 Å². The van der Waals surface area contributed by atoms with Gasteiger partial charge in [0, 0.05) is 22.7 Å². The van der Waals surface area contributed by atoms with Gasteiger partial charge in [0.25, 0.3) is 0 Å². The molecule has 1 unspecified atom stereocenters. The minimum atomic E-state index is -0.414. The smallest absolute Gasteiger partial charge is 0.249 e. The van der Waals surface area contributed by atoms with E-state index in [0.717, 1.165) is 23.2 Å². The number of nitrogens with two attached hydrogens (primary N) is 1. The highest BCUT2D eigenvalue weighted by Gasteiger charge is 2.12. The maximum absolute atomic E-state index is 11.1. The number of nitrogens with one attached hydrogen (secondary N) is 2. The molecule has 1 fully saturated rings. The van der Waals surface area contributed by atoms with Gasteiger partial charge in [0.05, 0.1) is 5.56 Å². The number of hydrogen-bond acceptors (Lipinski definition) is 3. The molecule has 2 rings (SSSR count). The molecule has 1 aliphatic heterocycles. The summed E-state index contributed by atoms with van der Waals surface area (Å²) >= 11 is 3.36. The van der Waals surface area contributed by atoms with Gasteiger partial charge in [-0.15, -0.1) is 0 Å². The molecule has 0 aliphatic carbocycles. The van der Waals surface area contributed by atoms with Crippen LogP contribution in [0.15, 0.2) is 22.7 Å². The van der Waals surface area contributed by atoms with E-state index in [1.54, 1.807) is 6.07 Å². The van der Waals surface area contributed by atoms with Crippen LogP contribution in [0, 0.1) is 0 Å². The predicted molar refractivity (Wildman–Crippen MR) is 76.8 cm³/mol. The molecule has 18 heavy (non-hydrogen) atoms. The van der Waals surface area contributed by atoms with Gasteiger partial charge in [0.1, 0.15) is 0 Å². The summed E-state index contributed by atoms with van der Waals surface area (Å²) in [6.07, 6.45) is 3.78. The maximum Gasteiger partial charge on any atom is 0.249 e. The van der Waals surface area contributed by atoms with Crippen molar-refractivity contribution in [1.29, 1.82) is 0 Å². The van der Waals surface area contributed by atoms with Crippen LogP contribution in [0.1, 0.15) is 29.6 Å². The number of halogens is 1. The highest BCUT2D eigenvalue weighted by atomic mass is 79.9. The Morgan fingerprint density at radius 3 is 2.94 bits per heavy atom. The van der Waals surface area contributed by atoms with Crippen molar-refractivity contribution in [2.45, 2.75) is 25.3 Å². The molecular formula is C13H18BrN3O. The highest BCUT2D eigenvalue weighted by Crippen LogP contribution is 2.21. The Morgan fingerprint density at radius 1 is 1.50 bits per heavy atom. The molecule has 1 saturated heterocycles. The molecule has 0 radical (unpaired) electrons. The molecule has 1 amide bonds. The zero-order valence-electron chi connectivity index (χ0n) is 10.2. The first kappa shape index (κ1) is 13.4. The van der Waals surface area contributed by atoms with Crippen LogP contribution in [0.5, 0.6) is 0 Å². The molecule has 4 N–H and O–H groups in total. The van der Waals surface area contributed by atoms with Gasteiger partial charge in [-0.2, -0.15) is 0 Å². The summed E-state index contributed by atoms with van der Waals surface area (Å²) in [7, 11) is 0. The van der Waals surface area contributed by atoms with E-state index in [-0.39, 0.29) is 0 Å². The van der Waals surface area contributed by atoms with Crippen LogP contribution in [-0.2, 0) is 0 Å². The van der Waals surface area contributed by atoms with Crippen molar-refractivity contribution >= 4 is 27.5 Å². The van der Waals surface area contributed by atoms with E-state index in [0.29, 0.717) is 11.6 Å². The monoisotopic (exact) mass is 311 g/mol. The lowest BCUT2D eigenvalue weighted by Gasteiger charge is -2.24. The van der Waals surface area contributed by atoms with Gasteiger partial charge in [0.15, 0.2) is 0 Å². The van der Waals surface area contributed by atoms with Crippen molar-refractivity contribution in [3.63, 3.8) is 0 Å². The fraction of sp³-hybridized carbons (Fsp3) is 0.462. The van der Waals surface area contributed by atoms with Crippen LogP contribution < -0.4 is 16.4 Å². The summed E-state index contributed by atoms with van der Waals surface area (Å²) in [5.41, 5.74) is 6.77. The number of rotatable bonds is 4. The Labute approximate surface area is 115 Å². The molecule has 1 atom stereocenters. The quantitative estimate of drug-likeness (QED) is 0.797. The van der Waals surface area contributed by atoms with E-state index >= 15 is 0 Å². The molecule has 0 aromatic heterocycles. The Kier molecular flexibility index (Phi) is 4.60. The average Bonchev–Trinajstić information content (AvgIpc) is 2.37. The molecule has 1 aromatic carbocycles. The second-order valence-corrected chi connectivity index (χ2v) is 5.44. The zero-order chi connectivity index (χ0) is 13.0. The average molecular weight is 312 g/mol. The normalized spacial score (nSPS) is 19.5. The number of carbonyl (C=O) groups excluding carboxylic acids is 1. The molecule has 1 aromatic rings. The summed E-state index contributed by atoms with van der Waals surface area (Å²) in [6.45, 7) is 2.01. The van der Waals surface area contributed by atoms with Crippen LogP contribution in [0.4, 0.5) is 5.69 Å². The third-order valence-electron chi connectivity index (χ3n) is 3.20. The van der Waals surface area contributed by atoms with E-state index in [1.165, 1.54) is 19.3 Å². The first-order chi connectivity index (χ1) is 8.66. The second kappa shape index (κ2) is 6.20. The summed E-state index contributed by atoms with van der Waals surface area (Å²) in [4.78, 5) is 11.1. The van der Waals surface area contributed by atoms with Crippen molar-refractivity contribution in [2.24, 2.45) is 5.73 Å². The van der Waals surface area contributed by atoms with E-state index in [2.05, 4.69) is 26.6 Å². The van der Waals surface area contributed by atoms with Crippen LogP contribution in [0.3, 0.4) is 0 Å². The van der Waals surface area contributed by atoms with Gasteiger partial charge < -0.3 is 16.4 Å². The molecule has 1 heterocycles. The predicted octanol–water partition coefficient (Wildman–Crippen LogP) is 2.10. The third kappa shape index (κ3) is 3.46. The van der Waals surface area contributed by atoms with Crippen LogP contribution in [0.25, 0.3) is 0 Å². The first-order valence-corrected chi connectivity index (χ1v) is 7.03. The minimum Gasteiger partial charge on any atom is -0.383 e. The van der Waals surface area contributed by atoms with Crippen molar-refractivity contribution in [1.82, 2.24) is 5.32 Å². The van der Waals surface area contributed by atoms with Crippen LogP contribution >= 0.6 is 15.9 Å². The van der Waals surface area contributed by atoms with E-state index in [1.807, 2.05) is 12.1 Å². The second-order valence-electron chi connectivity index (χ2n) is 4.59. The zero-order valence-corrected chi connectivity index (χ0v) is 11.8. The number of hydrogen-bond donors (Lipinski definition) is 3. The SMILES string of the molecule is NC(=O)c1ccc(NCC2CCCCN2)cc1Br. The summed E-state index contributed by atoms with van der Waals surface area (Å²) < 4.78 is 0.733. The number of piperidine rings is 1. The topological polar surface area (TPSA) is 67.2 Å². The Morgan fingerprint density at radius 2 is 2.33 bits per heavy atom. The van der Waals surface area contributed by atoms with Gasteiger partial charge in [-0.25, -0.2) is 0 Å². The van der Waals surface area contributed by atoms with E-state index < -0.39 is 5.91 Å². The lowest BCUT2D eigenvalue weighted by atomic mass is 10.1. The Balaban J connectivity index is 1.93. The van der Waals surface area contributed by atoms with Crippen molar-refractivity contribution in [2.75, 3.05) is 18.4 Å². The Bertz CT molecular complexity index is 430. The number of amides is 1. The number of benzene rings is 1. The van der Waals surface area contributed by atoms with Gasteiger partial charge in [0.2, 0.25) is 5.91 Å². The van der Waals surface area contributed by atoms with E-state index in [4.69, 9.17) is 5.73 Å².